The fourth-order valence-electron chi connectivity index (χ4n) is 2.14. The number of allylic oxidation sites excluding steroid dienone is 1. The van der Waals surface area contributed by atoms with Crippen molar-refractivity contribution < 1.29 is 4.21 Å². The minimum absolute atomic E-state index is 0.858. The van der Waals surface area contributed by atoms with E-state index in [1.54, 1.807) is 0 Å². The molecular weight excluding hydrogens is 356 g/mol. The standard InChI is InChI=1S/C19H21BrOS/c1-3-4-5-6-19(16-9-11-17(20)12-10-16)22(21)18-13-7-15(2)8-14-18/h6-14H,3-5H2,1-2H3/b19-6-/t22-/m0/s1. The average molecular weight is 377 g/mol. The van der Waals surface area contributed by atoms with Gasteiger partial charge in [-0.2, -0.15) is 0 Å². The highest BCUT2D eigenvalue weighted by atomic mass is 79.9. The van der Waals surface area contributed by atoms with E-state index < -0.39 is 10.8 Å². The van der Waals surface area contributed by atoms with Crippen molar-refractivity contribution >= 4 is 31.6 Å². The Bertz CT molecular complexity index is 657. The first kappa shape index (κ1) is 17.2. The van der Waals surface area contributed by atoms with Crippen molar-refractivity contribution in [3.8, 4) is 0 Å². The highest BCUT2D eigenvalue weighted by Gasteiger charge is 2.12. The zero-order valence-electron chi connectivity index (χ0n) is 13.0. The summed E-state index contributed by atoms with van der Waals surface area (Å²) >= 11 is 3.45. The Labute approximate surface area is 144 Å². The first-order chi connectivity index (χ1) is 10.6. The molecular formula is C19H21BrOS. The van der Waals surface area contributed by atoms with Gasteiger partial charge in [0, 0.05) is 14.3 Å². The van der Waals surface area contributed by atoms with Crippen LogP contribution in [0.2, 0.25) is 0 Å². The fourth-order valence-corrected chi connectivity index (χ4v) is 3.66. The van der Waals surface area contributed by atoms with E-state index in [1.165, 1.54) is 5.56 Å². The second kappa shape index (κ2) is 8.44. The molecule has 0 saturated heterocycles. The fraction of sp³-hybridized carbons (Fsp3) is 0.263. The number of benzene rings is 2. The van der Waals surface area contributed by atoms with Crippen LogP contribution in [0.3, 0.4) is 0 Å². The Balaban J connectivity index is 2.35. The van der Waals surface area contributed by atoms with Crippen LogP contribution in [0.1, 0.15) is 37.3 Å². The normalized spacial score (nSPS) is 13.1. The number of halogens is 1. The van der Waals surface area contributed by atoms with Gasteiger partial charge >= 0.3 is 0 Å². The summed E-state index contributed by atoms with van der Waals surface area (Å²) in [5, 5.41) is 0. The van der Waals surface area contributed by atoms with Crippen molar-refractivity contribution in [3.63, 3.8) is 0 Å². The molecule has 0 radical (unpaired) electrons. The maximum Gasteiger partial charge on any atom is 0.0852 e. The summed E-state index contributed by atoms with van der Waals surface area (Å²) < 4.78 is 14.0. The summed E-state index contributed by atoms with van der Waals surface area (Å²) in [4.78, 5) is 1.76. The predicted octanol–water partition coefficient (Wildman–Crippen LogP) is 6.10. The maximum absolute atomic E-state index is 13.0. The lowest BCUT2D eigenvalue weighted by molar-refractivity contribution is 0.689. The van der Waals surface area contributed by atoms with Crippen molar-refractivity contribution in [1.29, 1.82) is 0 Å². The topological polar surface area (TPSA) is 17.1 Å². The molecule has 1 nitrogen and oxygen atoms in total. The number of unbranched alkanes of at least 4 members (excludes halogenated alkanes) is 2. The molecule has 2 aromatic rings. The molecule has 0 saturated carbocycles. The average Bonchev–Trinajstić information content (AvgIpc) is 2.53. The van der Waals surface area contributed by atoms with Crippen LogP contribution in [0.4, 0.5) is 0 Å². The monoisotopic (exact) mass is 376 g/mol. The lowest BCUT2D eigenvalue weighted by atomic mass is 10.1. The van der Waals surface area contributed by atoms with Crippen molar-refractivity contribution in [3.05, 3.63) is 70.2 Å². The Hall–Kier alpha value is -1.19. The quantitative estimate of drug-likeness (QED) is 0.556. The molecule has 0 aliphatic heterocycles. The van der Waals surface area contributed by atoms with Gasteiger partial charge in [-0.3, -0.25) is 0 Å². The molecule has 2 rings (SSSR count). The van der Waals surface area contributed by atoms with Gasteiger partial charge in [-0.05, 0) is 43.2 Å². The van der Waals surface area contributed by atoms with Gasteiger partial charge in [0.2, 0.25) is 0 Å². The molecule has 0 spiro atoms. The van der Waals surface area contributed by atoms with Gasteiger partial charge < -0.3 is 0 Å². The largest absolute Gasteiger partial charge is 0.249 e. The molecule has 0 aliphatic rings. The number of hydrogen-bond acceptors (Lipinski definition) is 1. The molecule has 0 bridgehead atoms. The first-order valence-electron chi connectivity index (χ1n) is 7.56. The second-order valence-electron chi connectivity index (χ2n) is 5.30. The van der Waals surface area contributed by atoms with Crippen molar-refractivity contribution in [2.24, 2.45) is 0 Å². The van der Waals surface area contributed by atoms with E-state index in [0.29, 0.717) is 0 Å². The van der Waals surface area contributed by atoms with E-state index in [4.69, 9.17) is 0 Å². The van der Waals surface area contributed by atoms with Crippen LogP contribution in [-0.2, 0) is 10.8 Å². The number of rotatable bonds is 6. The Morgan fingerprint density at radius 2 is 1.73 bits per heavy atom. The van der Waals surface area contributed by atoms with Gasteiger partial charge in [-0.1, -0.05) is 71.6 Å². The molecule has 0 N–H and O–H groups in total. The summed E-state index contributed by atoms with van der Waals surface area (Å²) in [5.74, 6) is 0. The van der Waals surface area contributed by atoms with Crippen LogP contribution >= 0.6 is 15.9 Å². The Morgan fingerprint density at radius 3 is 2.32 bits per heavy atom. The Morgan fingerprint density at radius 1 is 1.09 bits per heavy atom. The molecule has 22 heavy (non-hydrogen) atoms. The molecule has 0 aromatic heterocycles. The minimum Gasteiger partial charge on any atom is -0.249 e. The summed E-state index contributed by atoms with van der Waals surface area (Å²) in [6.45, 7) is 4.21. The van der Waals surface area contributed by atoms with Crippen LogP contribution in [-0.4, -0.2) is 4.21 Å². The molecule has 2 aromatic carbocycles. The predicted molar refractivity (Wildman–Crippen MR) is 99.2 cm³/mol. The smallest absolute Gasteiger partial charge is 0.0852 e. The van der Waals surface area contributed by atoms with Gasteiger partial charge in [-0.25, -0.2) is 4.21 Å². The van der Waals surface area contributed by atoms with E-state index in [-0.39, 0.29) is 0 Å². The van der Waals surface area contributed by atoms with Crippen molar-refractivity contribution in [2.45, 2.75) is 38.0 Å². The summed E-state index contributed by atoms with van der Waals surface area (Å²) in [5.41, 5.74) is 2.21. The maximum atomic E-state index is 13.0. The third-order valence-corrected chi connectivity index (χ3v) is 5.48. The lowest BCUT2D eigenvalue weighted by Crippen LogP contribution is -1.96. The van der Waals surface area contributed by atoms with Gasteiger partial charge in [-0.15, -0.1) is 0 Å². The van der Waals surface area contributed by atoms with Crippen LogP contribution in [0, 0.1) is 6.92 Å². The van der Waals surface area contributed by atoms with E-state index in [1.807, 2.05) is 55.5 Å². The first-order valence-corrected chi connectivity index (χ1v) is 9.50. The van der Waals surface area contributed by atoms with Crippen LogP contribution in [0.5, 0.6) is 0 Å². The third-order valence-electron chi connectivity index (χ3n) is 3.45. The highest BCUT2D eigenvalue weighted by Crippen LogP contribution is 2.26. The number of hydrogen-bond donors (Lipinski definition) is 0. The molecule has 3 heteroatoms. The zero-order chi connectivity index (χ0) is 15.9. The molecule has 1 atom stereocenters. The van der Waals surface area contributed by atoms with Crippen LogP contribution in [0.15, 0.2) is 64.0 Å². The van der Waals surface area contributed by atoms with E-state index in [9.17, 15) is 4.21 Å². The van der Waals surface area contributed by atoms with Gasteiger partial charge in [0.05, 0.1) is 10.8 Å². The van der Waals surface area contributed by atoms with Gasteiger partial charge in [0.25, 0.3) is 0 Å². The van der Waals surface area contributed by atoms with Gasteiger partial charge in [0.15, 0.2) is 0 Å². The molecule has 116 valence electrons. The molecule has 0 heterocycles. The van der Waals surface area contributed by atoms with Crippen LogP contribution in [0.25, 0.3) is 4.91 Å². The third kappa shape index (κ3) is 4.65. The lowest BCUT2D eigenvalue weighted by Gasteiger charge is -2.09. The van der Waals surface area contributed by atoms with E-state index in [0.717, 1.165) is 39.1 Å². The molecule has 0 fully saturated rings. The van der Waals surface area contributed by atoms with E-state index in [2.05, 4.69) is 28.9 Å². The SMILES string of the molecule is CCCC/C=C(/c1ccc(Br)cc1)[S@@](=O)c1ccc(C)cc1. The van der Waals surface area contributed by atoms with Gasteiger partial charge in [0.1, 0.15) is 0 Å². The van der Waals surface area contributed by atoms with Crippen LogP contribution < -0.4 is 0 Å². The van der Waals surface area contributed by atoms with E-state index >= 15 is 0 Å². The molecule has 0 unspecified atom stereocenters. The zero-order valence-corrected chi connectivity index (χ0v) is 15.4. The second-order valence-corrected chi connectivity index (χ2v) is 7.66. The highest BCUT2D eigenvalue weighted by molar-refractivity contribution is 9.10. The Kier molecular flexibility index (Phi) is 6.59. The summed E-state index contributed by atoms with van der Waals surface area (Å²) in [7, 11) is -1.14. The molecule has 0 amide bonds. The van der Waals surface area contributed by atoms with Crippen molar-refractivity contribution in [1.82, 2.24) is 0 Å². The summed E-state index contributed by atoms with van der Waals surface area (Å²) in [6, 6.07) is 16.0. The number of aryl methyl sites for hydroxylation is 1. The molecule has 0 aliphatic carbocycles. The minimum atomic E-state index is -1.14. The van der Waals surface area contributed by atoms with Crippen molar-refractivity contribution in [2.75, 3.05) is 0 Å². The summed E-state index contributed by atoms with van der Waals surface area (Å²) in [6.07, 6.45) is 5.34.